The third-order valence-electron chi connectivity index (χ3n) is 4.65. The molecule has 0 amide bonds. The summed E-state index contributed by atoms with van der Waals surface area (Å²) in [5, 5.41) is -0.0171. The molecule has 1 aliphatic carbocycles. The molecule has 2 N–H and O–H groups in total. The molecule has 2 aliphatic rings. The van der Waals surface area contributed by atoms with E-state index in [9.17, 15) is 8.42 Å². The summed E-state index contributed by atoms with van der Waals surface area (Å²) >= 11 is 5.85. The summed E-state index contributed by atoms with van der Waals surface area (Å²) in [6.07, 6.45) is 0. The fourth-order valence-corrected chi connectivity index (χ4v) is 5.74. The van der Waals surface area contributed by atoms with Crippen molar-refractivity contribution < 1.29 is 17.9 Å². The SMILES string of the molecule is NC[C@@H]1[C@@H](c2ccc3c(c2)OCO3)[C@@H]1S(=O)(=O)c1ccc(Cl)cc1. The molecule has 7 heteroatoms. The van der Waals surface area contributed by atoms with Crippen molar-refractivity contribution in [3.05, 3.63) is 53.1 Å². The van der Waals surface area contributed by atoms with Crippen molar-refractivity contribution in [2.75, 3.05) is 13.3 Å². The molecule has 126 valence electrons. The maximum absolute atomic E-state index is 12.9. The minimum absolute atomic E-state index is 0.106. The van der Waals surface area contributed by atoms with E-state index in [0.29, 0.717) is 23.1 Å². The lowest BCUT2D eigenvalue weighted by Crippen LogP contribution is -2.13. The van der Waals surface area contributed by atoms with Gasteiger partial charge in [0.05, 0.1) is 10.1 Å². The number of sulfone groups is 1. The second-order valence-electron chi connectivity index (χ2n) is 6.00. The van der Waals surface area contributed by atoms with E-state index >= 15 is 0 Å². The zero-order valence-electron chi connectivity index (χ0n) is 12.7. The standard InChI is InChI=1S/C17H16ClNO4S/c18-11-2-4-12(5-3-11)24(20,21)17-13(8-19)16(17)10-1-6-14-15(7-10)23-9-22-14/h1-7,13,16-17H,8-9,19H2/t13-,16-,17-/m1/s1. The van der Waals surface area contributed by atoms with E-state index in [2.05, 4.69) is 0 Å². The number of hydrogen-bond acceptors (Lipinski definition) is 5. The number of rotatable bonds is 4. The Kier molecular flexibility index (Phi) is 3.71. The molecule has 0 radical (unpaired) electrons. The summed E-state index contributed by atoms with van der Waals surface area (Å²) in [7, 11) is -3.47. The van der Waals surface area contributed by atoms with E-state index in [0.717, 1.165) is 5.56 Å². The monoisotopic (exact) mass is 365 g/mol. The molecular weight excluding hydrogens is 350 g/mol. The van der Waals surface area contributed by atoms with Crippen molar-refractivity contribution in [2.45, 2.75) is 16.1 Å². The van der Waals surface area contributed by atoms with Crippen molar-refractivity contribution in [1.82, 2.24) is 0 Å². The van der Waals surface area contributed by atoms with Crippen LogP contribution in [0.1, 0.15) is 11.5 Å². The molecule has 0 bridgehead atoms. The highest BCUT2D eigenvalue weighted by Gasteiger charge is 2.58. The molecule has 4 rings (SSSR count). The van der Waals surface area contributed by atoms with Crippen LogP contribution in [0.25, 0.3) is 0 Å². The van der Waals surface area contributed by atoms with E-state index in [1.54, 1.807) is 24.3 Å². The summed E-state index contributed by atoms with van der Waals surface area (Å²) in [6.45, 7) is 0.507. The lowest BCUT2D eigenvalue weighted by molar-refractivity contribution is 0.174. The summed E-state index contributed by atoms with van der Waals surface area (Å²) < 4.78 is 36.6. The van der Waals surface area contributed by atoms with Crippen molar-refractivity contribution in [3.63, 3.8) is 0 Å². The van der Waals surface area contributed by atoms with Crippen LogP contribution in [0.2, 0.25) is 5.02 Å². The molecule has 3 atom stereocenters. The molecule has 2 aromatic rings. The van der Waals surface area contributed by atoms with Crippen LogP contribution >= 0.6 is 11.6 Å². The molecule has 0 unspecified atom stereocenters. The summed E-state index contributed by atoms with van der Waals surface area (Å²) in [5.41, 5.74) is 6.74. The van der Waals surface area contributed by atoms with Gasteiger partial charge in [-0.1, -0.05) is 17.7 Å². The van der Waals surface area contributed by atoms with Gasteiger partial charge in [0.15, 0.2) is 21.3 Å². The molecule has 0 saturated heterocycles. The van der Waals surface area contributed by atoms with Crippen molar-refractivity contribution in [2.24, 2.45) is 11.7 Å². The van der Waals surface area contributed by atoms with Crippen LogP contribution in [0.3, 0.4) is 0 Å². The fourth-order valence-electron chi connectivity index (χ4n) is 3.38. The maximum Gasteiger partial charge on any atom is 0.231 e. The highest BCUT2D eigenvalue weighted by molar-refractivity contribution is 7.92. The topological polar surface area (TPSA) is 78.6 Å². The van der Waals surface area contributed by atoms with Crippen LogP contribution in [0.4, 0.5) is 0 Å². The molecule has 1 aliphatic heterocycles. The number of hydrogen-bond donors (Lipinski definition) is 1. The molecule has 1 saturated carbocycles. The van der Waals surface area contributed by atoms with Gasteiger partial charge in [-0.3, -0.25) is 0 Å². The second-order valence-corrected chi connectivity index (χ2v) is 8.54. The van der Waals surface area contributed by atoms with Crippen molar-refractivity contribution in [1.29, 1.82) is 0 Å². The van der Waals surface area contributed by atoms with Gasteiger partial charge in [0.2, 0.25) is 6.79 Å². The van der Waals surface area contributed by atoms with Crippen LogP contribution in [0.5, 0.6) is 11.5 Å². The number of halogens is 1. The minimum Gasteiger partial charge on any atom is -0.454 e. The Morgan fingerprint density at radius 2 is 1.79 bits per heavy atom. The average molecular weight is 366 g/mol. The molecular formula is C17H16ClNO4S. The molecule has 0 spiro atoms. The predicted octanol–water partition coefficient (Wildman–Crippen LogP) is 2.58. The first-order valence-corrected chi connectivity index (χ1v) is 9.54. The second kappa shape index (κ2) is 5.65. The average Bonchev–Trinajstić information content (AvgIpc) is 3.15. The van der Waals surface area contributed by atoms with Gasteiger partial charge in [-0.05, 0) is 54.4 Å². The summed E-state index contributed by atoms with van der Waals surface area (Å²) in [4.78, 5) is 0.276. The number of nitrogens with two attached hydrogens (primary N) is 1. The lowest BCUT2D eigenvalue weighted by Gasteiger charge is -2.05. The van der Waals surface area contributed by atoms with Crippen molar-refractivity contribution in [3.8, 4) is 11.5 Å². The van der Waals surface area contributed by atoms with E-state index in [1.807, 2.05) is 18.2 Å². The first kappa shape index (κ1) is 15.7. The van der Waals surface area contributed by atoms with Gasteiger partial charge in [0.1, 0.15) is 0 Å². The number of benzene rings is 2. The zero-order valence-corrected chi connectivity index (χ0v) is 14.3. The zero-order chi connectivity index (χ0) is 16.9. The Morgan fingerprint density at radius 3 is 2.50 bits per heavy atom. The molecule has 0 aromatic heterocycles. The number of fused-ring (bicyclic) bond motifs is 1. The Labute approximate surface area is 145 Å². The highest BCUT2D eigenvalue weighted by atomic mass is 35.5. The molecule has 2 aromatic carbocycles. The largest absolute Gasteiger partial charge is 0.454 e. The first-order valence-electron chi connectivity index (χ1n) is 7.61. The quantitative estimate of drug-likeness (QED) is 0.900. The summed E-state index contributed by atoms with van der Waals surface area (Å²) in [6, 6.07) is 11.8. The third-order valence-corrected chi connectivity index (χ3v) is 7.19. The number of ether oxygens (including phenoxy) is 2. The first-order chi connectivity index (χ1) is 11.5. The molecule has 1 fully saturated rings. The van der Waals surface area contributed by atoms with Crippen LogP contribution in [-0.2, 0) is 9.84 Å². The van der Waals surface area contributed by atoms with Gasteiger partial charge in [0.25, 0.3) is 0 Å². The minimum atomic E-state index is -3.47. The van der Waals surface area contributed by atoms with Crippen LogP contribution < -0.4 is 15.2 Å². The smallest absolute Gasteiger partial charge is 0.231 e. The highest BCUT2D eigenvalue weighted by Crippen LogP contribution is 2.54. The molecule has 1 heterocycles. The van der Waals surface area contributed by atoms with Crippen LogP contribution in [0, 0.1) is 5.92 Å². The molecule has 5 nitrogen and oxygen atoms in total. The summed E-state index contributed by atoms with van der Waals surface area (Å²) in [5.74, 6) is 1.09. The fraction of sp³-hybridized carbons (Fsp3) is 0.294. The van der Waals surface area contributed by atoms with Gasteiger partial charge in [-0.15, -0.1) is 0 Å². The van der Waals surface area contributed by atoms with Gasteiger partial charge in [-0.25, -0.2) is 8.42 Å². The Balaban J connectivity index is 1.67. The van der Waals surface area contributed by atoms with Gasteiger partial charge >= 0.3 is 0 Å². The Morgan fingerprint density at radius 1 is 1.08 bits per heavy atom. The van der Waals surface area contributed by atoms with Gasteiger partial charge in [0, 0.05) is 10.9 Å². The Bertz CT molecular complexity index is 882. The Hall–Kier alpha value is -1.76. The van der Waals surface area contributed by atoms with E-state index in [4.69, 9.17) is 26.8 Å². The third kappa shape index (κ3) is 2.46. The van der Waals surface area contributed by atoms with Gasteiger partial charge in [-0.2, -0.15) is 0 Å². The lowest BCUT2D eigenvalue weighted by atomic mass is 10.1. The van der Waals surface area contributed by atoms with E-state index in [-0.39, 0.29) is 23.5 Å². The molecule has 24 heavy (non-hydrogen) atoms. The van der Waals surface area contributed by atoms with E-state index in [1.165, 1.54) is 0 Å². The predicted molar refractivity (Wildman–Crippen MR) is 90.3 cm³/mol. The van der Waals surface area contributed by atoms with E-state index < -0.39 is 15.1 Å². The van der Waals surface area contributed by atoms with Gasteiger partial charge < -0.3 is 15.2 Å². The normalized spacial score (nSPS) is 24.8. The van der Waals surface area contributed by atoms with Crippen molar-refractivity contribution >= 4 is 21.4 Å². The maximum atomic E-state index is 12.9. The van der Waals surface area contributed by atoms with Crippen LogP contribution in [0.15, 0.2) is 47.4 Å². The van der Waals surface area contributed by atoms with Crippen LogP contribution in [-0.4, -0.2) is 27.0 Å².